The van der Waals surface area contributed by atoms with Crippen molar-refractivity contribution in [3.8, 4) is 0 Å². The molecule has 0 unspecified atom stereocenters. The van der Waals surface area contributed by atoms with Crippen molar-refractivity contribution in [1.29, 1.82) is 0 Å². The lowest BCUT2D eigenvalue weighted by molar-refractivity contribution is -0.108. The van der Waals surface area contributed by atoms with Gasteiger partial charge in [0.15, 0.2) is 0 Å². The number of nitrogens with one attached hydrogen (secondary N) is 6. The topological polar surface area (TPSA) is 314 Å². The Morgan fingerprint density at radius 3 is 0.941 bits per heavy atom. The predicted molar refractivity (Wildman–Crippen MR) is 140 cm³/mol. The molecule has 0 bridgehead atoms. The zero-order valence-corrected chi connectivity index (χ0v) is 20.9. The number of imide groups is 1. The van der Waals surface area contributed by atoms with Crippen LogP contribution in [0.25, 0.3) is 0 Å². The highest BCUT2D eigenvalue weighted by Crippen LogP contribution is 1.62. The van der Waals surface area contributed by atoms with Crippen LogP contribution in [-0.4, -0.2) is 110 Å². The van der Waals surface area contributed by atoms with Gasteiger partial charge in [0.2, 0.25) is 6.41 Å². The molecule has 0 aliphatic carbocycles. The van der Waals surface area contributed by atoms with Crippen molar-refractivity contribution in [2.45, 2.75) is 12.7 Å². The van der Waals surface area contributed by atoms with Gasteiger partial charge in [0, 0.05) is 91.6 Å². The first kappa shape index (κ1) is 39.7. The van der Waals surface area contributed by atoms with Crippen LogP contribution in [-0.2, 0) is 4.79 Å². The van der Waals surface area contributed by atoms with Crippen LogP contribution in [0.1, 0.15) is 6.92 Å². The van der Waals surface area contributed by atoms with Crippen molar-refractivity contribution in [3.63, 3.8) is 0 Å². The van der Waals surface area contributed by atoms with Crippen molar-refractivity contribution in [3.05, 3.63) is 0 Å². The predicted octanol–water partition coefficient (Wildman–Crippen LogP) is -6.90. The average molecular weight is 499 g/mol. The van der Waals surface area contributed by atoms with Crippen molar-refractivity contribution in [1.82, 2.24) is 31.9 Å². The third kappa shape index (κ3) is 77.6. The number of carbonyl (C=O) groups is 2. The minimum atomic E-state index is -1.00. The summed E-state index contributed by atoms with van der Waals surface area (Å²) in [6.45, 7) is 13.8. The molecule has 0 aliphatic rings. The molecule has 0 aromatic carbocycles. The Balaban J connectivity index is -0.000000189. The summed E-state index contributed by atoms with van der Waals surface area (Å²) < 4.78 is 0. The average Bonchev–Trinajstić information content (AvgIpc) is 2.75. The van der Waals surface area contributed by atoms with Gasteiger partial charge in [0.05, 0.1) is 0 Å². The Bertz CT molecular complexity index is 362. The number of primary amides is 1. The number of hydrogen-bond acceptors (Lipinski definition) is 14. The van der Waals surface area contributed by atoms with Crippen LogP contribution in [0.4, 0.5) is 4.79 Å². The van der Waals surface area contributed by atoms with E-state index in [1.54, 1.807) is 5.32 Å². The molecule has 0 saturated carbocycles. The third-order valence-electron chi connectivity index (χ3n) is 2.92. The van der Waals surface area contributed by atoms with E-state index in [2.05, 4.69) is 32.3 Å². The molecule has 0 radical (unpaired) electrons. The number of nitrogens with two attached hydrogens (primary N) is 8. The molecule has 0 aromatic rings. The number of rotatable bonds is 18. The second kappa shape index (κ2) is 36.0. The summed E-state index contributed by atoms with van der Waals surface area (Å²) in [5, 5.41) is 17.7. The molecule has 0 aromatic heterocycles. The molecule has 0 aliphatic heterocycles. The van der Waals surface area contributed by atoms with Crippen molar-refractivity contribution < 1.29 is 9.59 Å². The van der Waals surface area contributed by atoms with E-state index >= 15 is 0 Å². The summed E-state index contributed by atoms with van der Waals surface area (Å²) in [5.74, 6) is -1.00. The maximum atomic E-state index is 9.48. The van der Waals surface area contributed by atoms with E-state index in [0.717, 1.165) is 65.4 Å². The SMILES string of the molecule is CC(N)(N)N.NC(=O)NC=O.NCCNCCNCCN.NCCNCCNCCNCCN. The molecule has 3 amide bonds. The second-order valence-corrected chi connectivity index (χ2v) is 6.90. The summed E-state index contributed by atoms with van der Waals surface area (Å²) >= 11 is 0. The zero-order valence-electron chi connectivity index (χ0n) is 20.9. The van der Waals surface area contributed by atoms with E-state index in [4.69, 9.17) is 40.1 Å². The second-order valence-electron chi connectivity index (χ2n) is 6.90. The molecule has 208 valence electrons. The molecule has 0 spiro atoms. The molecule has 0 saturated heterocycles. The van der Waals surface area contributed by atoms with Crippen molar-refractivity contribution in [2.24, 2.45) is 45.9 Å². The number of amides is 3. The first-order valence-electron chi connectivity index (χ1n) is 11.3. The van der Waals surface area contributed by atoms with E-state index < -0.39 is 11.8 Å². The quantitative estimate of drug-likeness (QED) is 0.0474. The molecular weight excluding hydrogens is 444 g/mol. The lowest BCUT2D eigenvalue weighted by Crippen LogP contribution is -2.54. The molecule has 0 rings (SSSR count). The number of hydrogen-bond donors (Lipinski definition) is 14. The largest absolute Gasteiger partial charge is 0.351 e. The normalized spacial score (nSPS) is 10.0. The molecule has 16 heteroatoms. The molecule has 22 N–H and O–H groups in total. The first-order valence-corrected chi connectivity index (χ1v) is 11.3. The highest BCUT2D eigenvalue weighted by molar-refractivity contribution is 5.82. The highest BCUT2D eigenvalue weighted by Gasteiger charge is 1.95. The molecule has 16 nitrogen and oxygen atoms in total. The van der Waals surface area contributed by atoms with Crippen LogP contribution in [0, 0.1) is 0 Å². The maximum Gasteiger partial charge on any atom is 0.318 e. The Morgan fingerprint density at radius 2 is 0.824 bits per heavy atom. The standard InChI is InChI=1S/C8H23N5.C6H18N4.C2H9N3.C2H4N2O2/c9-1-3-11-5-7-13-8-6-12-4-2-10;7-1-3-9-5-6-10-4-2-8;1-2(3,4)5;3-2(6)4-1-5/h11-13H,1-10H2;9-10H,1-8H2;3-5H2,1H3;1H,(H3,3,4,5,6). The van der Waals surface area contributed by atoms with Crippen molar-refractivity contribution in [2.75, 3.05) is 91.6 Å². The van der Waals surface area contributed by atoms with Gasteiger partial charge in [0.1, 0.15) is 5.79 Å². The Kier molecular flexibility index (Phi) is 42.0. The van der Waals surface area contributed by atoms with Gasteiger partial charge in [-0.15, -0.1) is 0 Å². The number of carbonyl (C=O) groups excluding carboxylic acids is 2. The fourth-order valence-corrected chi connectivity index (χ4v) is 1.62. The van der Waals surface area contributed by atoms with E-state index in [1.165, 1.54) is 6.92 Å². The summed E-state index contributed by atoms with van der Waals surface area (Å²) in [6, 6.07) is -0.829. The molecular formula is C18H54N14O2. The molecule has 0 heterocycles. The Labute approximate surface area is 204 Å². The Hall–Kier alpha value is -1.54. The zero-order chi connectivity index (χ0) is 26.9. The van der Waals surface area contributed by atoms with Crippen LogP contribution >= 0.6 is 0 Å². The van der Waals surface area contributed by atoms with Crippen LogP contribution in [0.2, 0.25) is 0 Å². The van der Waals surface area contributed by atoms with Crippen LogP contribution in [0.5, 0.6) is 0 Å². The molecule has 34 heavy (non-hydrogen) atoms. The van der Waals surface area contributed by atoms with Crippen LogP contribution in [0.15, 0.2) is 0 Å². The maximum absolute atomic E-state index is 9.48. The van der Waals surface area contributed by atoms with Gasteiger partial charge in [-0.2, -0.15) is 0 Å². The fraction of sp³-hybridized carbons (Fsp3) is 0.889. The summed E-state index contributed by atoms with van der Waals surface area (Å²) in [7, 11) is 0. The van der Waals surface area contributed by atoms with E-state index in [1.807, 2.05) is 0 Å². The van der Waals surface area contributed by atoms with Gasteiger partial charge in [-0.25, -0.2) is 4.79 Å². The van der Waals surface area contributed by atoms with E-state index in [9.17, 15) is 9.59 Å². The molecule has 0 atom stereocenters. The summed E-state index contributed by atoms with van der Waals surface area (Å²) in [5.41, 5.74) is 40.3. The van der Waals surface area contributed by atoms with Gasteiger partial charge in [-0.1, -0.05) is 0 Å². The van der Waals surface area contributed by atoms with Crippen LogP contribution in [0.3, 0.4) is 0 Å². The highest BCUT2D eigenvalue weighted by atomic mass is 16.2. The number of urea groups is 1. The smallest absolute Gasteiger partial charge is 0.318 e. The summed E-state index contributed by atoms with van der Waals surface area (Å²) in [4.78, 5) is 18.7. The third-order valence-corrected chi connectivity index (χ3v) is 2.92. The van der Waals surface area contributed by atoms with Crippen LogP contribution < -0.4 is 77.8 Å². The lowest BCUT2D eigenvalue weighted by atomic mass is 10.5. The van der Waals surface area contributed by atoms with Crippen molar-refractivity contribution >= 4 is 12.4 Å². The van der Waals surface area contributed by atoms with Gasteiger partial charge in [-0.3, -0.25) is 10.1 Å². The van der Waals surface area contributed by atoms with E-state index in [-0.39, 0.29) is 6.41 Å². The minimum Gasteiger partial charge on any atom is -0.351 e. The summed E-state index contributed by atoms with van der Waals surface area (Å²) in [6.07, 6.45) is 0.225. The molecule has 0 fully saturated rings. The Morgan fingerprint density at radius 1 is 0.618 bits per heavy atom. The van der Waals surface area contributed by atoms with Gasteiger partial charge >= 0.3 is 6.03 Å². The minimum absolute atomic E-state index is 0.225. The first-order chi connectivity index (χ1) is 16.1. The fourth-order valence-electron chi connectivity index (χ4n) is 1.62. The van der Waals surface area contributed by atoms with E-state index in [0.29, 0.717) is 26.2 Å². The monoisotopic (exact) mass is 498 g/mol. The van der Waals surface area contributed by atoms with Gasteiger partial charge in [0.25, 0.3) is 0 Å². The van der Waals surface area contributed by atoms with Gasteiger partial charge in [-0.05, 0) is 6.92 Å². The van der Waals surface area contributed by atoms with Gasteiger partial charge < -0.3 is 72.5 Å². The lowest BCUT2D eigenvalue weighted by Gasteiger charge is -2.07.